The van der Waals surface area contributed by atoms with Gasteiger partial charge in [-0.25, -0.2) is 19.5 Å². The number of phenols is 1. The topological polar surface area (TPSA) is 241 Å². The zero-order valence-corrected chi connectivity index (χ0v) is 19.0. The molecule has 0 aliphatic carbocycles. The second-order valence-electron chi connectivity index (χ2n) is 7.94. The molecule has 9 N–H and O–H groups in total. The predicted octanol–water partition coefficient (Wildman–Crippen LogP) is -1.46. The molecular weight excluding hydrogens is 485 g/mol. The normalized spacial score (nSPS) is 23.4. The van der Waals surface area contributed by atoms with Crippen LogP contribution in [0.2, 0.25) is 0 Å². The Morgan fingerprint density at radius 2 is 1.97 bits per heavy atom. The number of rotatable bonds is 8. The Morgan fingerprint density at radius 3 is 2.66 bits per heavy atom. The maximum absolute atomic E-state index is 12.8. The smallest absolute Gasteiger partial charge is 0.469 e. The molecule has 0 saturated carbocycles. The molecule has 15 nitrogen and oxygen atoms in total. The molecule has 0 spiro atoms. The lowest BCUT2D eigenvalue weighted by atomic mass is 10.0. The van der Waals surface area contributed by atoms with Gasteiger partial charge >= 0.3 is 7.82 Å². The summed E-state index contributed by atoms with van der Waals surface area (Å²) >= 11 is 0. The number of aromatic hydroxyl groups is 1. The summed E-state index contributed by atoms with van der Waals surface area (Å²) in [5, 5.41) is 23.0. The van der Waals surface area contributed by atoms with E-state index < -0.39 is 50.9 Å². The van der Waals surface area contributed by atoms with E-state index in [0.29, 0.717) is 5.56 Å². The number of amides is 1. The van der Waals surface area contributed by atoms with Gasteiger partial charge in [0, 0.05) is 0 Å². The molecule has 1 amide bonds. The number of carbonyl (C=O) groups excluding carboxylic acids is 1. The Hall–Kier alpha value is -3.17. The van der Waals surface area contributed by atoms with Gasteiger partial charge in [0.2, 0.25) is 5.91 Å². The number of anilines is 1. The molecule has 4 rings (SSSR count). The van der Waals surface area contributed by atoms with Crippen LogP contribution in [0.3, 0.4) is 0 Å². The second-order valence-corrected chi connectivity index (χ2v) is 9.18. The lowest BCUT2D eigenvalue weighted by Gasteiger charge is -2.23. The molecule has 1 saturated heterocycles. The number of aliphatic hydroxyl groups excluding tert-OH is 1. The molecule has 16 heteroatoms. The van der Waals surface area contributed by atoms with Crippen molar-refractivity contribution in [2.24, 2.45) is 5.73 Å². The van der Waals surface area contributed by atoms with Crippen molar-refractivity contribution >= 4 is 30.7 Å². The van der Waals surface area contributed by atoms with E-state index in [-0.39, 0.29) is 29.2 Å². The molecular formula is C19H24N7O8P. The van der Waals surface area contributed by atoms with Gasteiger partial charge in [-0.05, 0) is 24.1 Å². The summed E-state index contributed by atoms with van der Waals surface area (Å²) in [5.74, 6) is -0.474. The summed E-state index contributed by atoms with van der Waals surface area (Å²) < 4.78 is 23.0. The number of phenolic OH excluding ortho intramolecular Hbond substituents is 1. The Morgan fingerprint density at radius 1 is 1.26 bits per heavy atom. The number of phosphoric ester groups is 1. The highest BCUT2D eigenvalue weighted by Gasteiger charge is 2.47. The summed E-state index contributed by atoms with van der Waals surface area (Å²) in [4.78, 5) is 43.1. The second kappa shape index (κ2) is 9.83. The molecule has 1 aliphatic rings. The number of nitrogen functional groups attached to an aromatic ring is 1. The average Bonchev–Trinajstić information content (AvgIpc) is 3.35. The fraction of sp³-hybridized carbons (Fsp3) is 0.368. The van der Waals surface area contributed by atoms with Crippen LogP contribution in [0.1, 0.15) is 11.8 Å². The minimum absolute atomic E-state index is 0.0657. The third kappa shape index (κ3) is 5.57. The first-order chi connectivity index (χ1) is 16.5. The van der Waals surface area contributed by atoms with Crippen molar-refractivity contribution in [3.63, 3.8) is 0 Å². The van der Waals surface area contributed by atoms with Crippen molar-refractivity contribution in [3.8, 4) is 5.75 Å². The third-order valence-electron chi connectivity index (χ3n) is 5.48. The van der Waals surface area contributed by atoms with E-state index in [9.17, 15) is 19.6 Å². The van der Waals surface area contributed by atoms with Gasteiger partial charge in [0.25, 0.3) is 0 Å². The summed E-state index contributed by atoms with van der Waals surface area (Å²) in [6.07, 6.45) is -1.08. The van der Waals surface area contributed by atoms with Gasteiger partial charge in [-0.15, -0.1) is 0 Å². The SMILES string of the molecule is Nc1ncnc2c1ncn2[C@@H]1O[C@H](COP(=O)(O)O)C(NC(=O)C(N)Cc2ccc(O)cc2)[C@H]1O. The van der Waals surface area contributed by atoms with Gasteiger partial charge in [-0.3, -0.25) is 13.9 Å². The fourth-order valence-corrected chi connectivity index (χ4v) is 4.11. The summed E-state index contributed by atoms with van der Waals surface area (Å²) in [6.45, 7) is -0.639. The van der Waals surface area contributed by atoms with E-state index in [1.54, 1.807) is 12.1 Å². The lowest BCUT2D eigenvalue weighted by molar-refractivity contribution is -0.124. The lowest BCUT2D eigenvalue weighted by Crippen LogP contribution is -2.53. The number of aromatic nitrogens is 4. The van der Waals surface area contributed by atoms with Crippen molar-refractivity contribution in [3.05, 3.63) is 42.5 Å². The van der Waals surface area contributed by atoms with E-state index in [0.717, 1.165) is 0 Å². The highest BCUT2D eigenvalue weighted by atomic mass is 31.2. The van der Waals surface area contributed by atoms with Crippen LogP contribution < -0.4 is 16.8 Å². The standard InChI is InChI=1S/C19H24N7O8P/c20-11(5-9-1-3-10(27)4-2-9)18(29)25-13-12(6-33-35(30,31)32)34-19(15(13)28)26-8-24-14-16(21)22-7-23-17(14)26/h1-4,7-8,11-13,15,19,27-28H,5-6,20H2,(H,25,29)(H2,21,22,23)(H2,30,31,32)/t11?,12-,13?,15-,19-/m1/s1. The van der Waals surface area contributed by atoms with Crippen LogP contribution in [0.4, 0.5) is 5.82 Å². The average molecular weight is 509 g/mol. The zero-order chi connectivity index (χ0) is 25.3. The van der Waals surface area contributed by atoms with Gasteiger partial charge in [-0.1, -0.05) is 12.1 Å². The van der Waals surface area contributed by atoms with Crippen LogP contribution >= 0.6 is 7.82 Å². The minimum Gasteiger partial charge on any atom is -0.508 e. The number of nitrogens with two attached hydrogens (primary N) is 2. The van der Waals surface area contributed by atoms with Crippen LogP contribution in [0.5, 0.6) is 5.75 Å². The van der Waals surface area contributed by atoms with Crippen molar-refractivity contribution in [1.82, 2.24) is 24.8 Å². The predicted molar refractivity (Wildman–Crippen MR) is 119 cm³/mol. The molecule has 2 aromatic heterocycles. The molecule has 0 bridgehead atoms. The summed E-state index contributed by atoms with van der Waals surface area (Å²) in [6, 6.07) is 3.96. The number of fused-ring (bicyclic) bond motifs is 1. The van der Waals surface area contributed by atoms with Crippen LogP contribution in [0, 0.1) is 0 Å². The molecule has 2 unspecified atom stereocenters. The Balaban J connectivity index is 1.54. The molecule has 1 aliphatic heterocycles. The first-order valence-electron chi connectivity index (χ1n) is 10.3. The van der Waals surface area contributed by atoms with E-state index in [4.69, 9.17) is 26.0 Å². The highest BCUT2D eigenvalue weighted by molar-refractivity contribution is 7.46. The first-order valence-corrected chi connectivity index (χ1v) is 11.9. The van der Waals surface area contributed by atoms with E-state index in [2.05, 4.69) is 24.8 Å². The Kier molecular flexibility index (Phi) is 7.00. The van der Waals surface area contributed by atoms with E-state index >= 15 is 0 Å². The Bertz CT molecular complexity index is 1250. The number of carbonyl (C=O) groups is 1. The molecule has 1 aromatic carbocycles. The number of hydrogen-bond donors (Lipinski definition) is 7. The number of phosphoric acid groups is 1. The molecule has 35 heavy (non-hydrogen) atoms. The number of benzene rings is 1. The van der Waals surface area contributed by atoms with Crippen LogP contribution in [-0.2, 0) is 25.0 Å². The molecule has 0 radical (unpaired) electrons. The minimum atomic E-state index is -4.87. The molecule has 5 atom stereocenters. The van der Waals surface area contributed by atoms with Crippen molar-refractivity contribution in [2.75, 3.05) is 12.3 Å². The van der Waals surface area contributed by atoms with Gasteiger partial charge in [0.05, 0.1) is 25.0 Å². The quantitative estimate of drug-likeness (QED) is 0.172. The van der Waals surface area contributed by atoms with Crippen LogP contribution in [0.15, 0.2) is 36.9 Å². The number of aliphatic hydroxyl groups is 1. The van der Waals surface area contributed by atoms with Gasteiger partial charge < -0.3 is 41.5 Å². The fourth-order valence-electron chi connectivity index (χ4n) is 3.77. The maximum atomic E-state index is 12.8. The molecule has 3 heterocycles. The van der Waals surface area contributed by atoms with E-state index in [1.807, 2.05) is 0 Å². The number of nitrogens with one attached hydrogen (secondary N) is 1. The summed E-state index contributed by atoms with van der Waals surface area (Å²) in [5.41, 5.74) is 13.0. The monoisotopic (exact) mass is 509 g/mol. The van der Waals surface area contributed by atoms with Gasteiger partial charge in [-0.2, -0.15) is 0 Å². The van der Waals surface area contributed by atoms with Gasteiger partial charge in [0.1, 0.15) is 29.8 Å². The number of hydrogen-bond acceptors (Lipinski definition) is 11. The molecule has 3 aromatic rings. The number of nitrogens with zero attached hydrogens (tertiary/aromatic N) is 4. The number of ether oxygens (including phenoxy) is 1. The van der Waals surface area contributed by atoms with Crippen molar-refractivity contribution in [1.29, 1.82) is 0 Å². The highest BCUT2D eigenvalue weighted by Crippen LogP contribution is 2.39. The third-order valence-corrected chi connectivity index (χ3v) is 5.97. The van der Waals surface area contributed by atoms with Gasteiger partial charge in [0.15, 0.2) is 17.7 Å². The zero-order valence-electron chi connectivity index (χ0n) is 18.1. The van der Waals surface area contributed by atoms with Crippen molar-refractivity contribution < 1.29 is 38.6 Å². The summed E-state index contributed by atoms with van der Waals surface area (Å²) in [7, 11) is -4.87. The van der Waals surface area contributed by atoms with Crippen LogP contribution in [0.25, 0.3) is 11.2 Å². The van der Waals surface area contributed by atoms with E-state index in [1.165, 1.54) is 29.4 Å². The largest absolute Gasteiger partial charge is 0.508 e. The van der Waals surface area contributed by atoms with Crippen LogP contribution in [-0.4, -0.2) is 76.3 Å². The maximum Gasteiger partial charge on any atom is 0.469 e. The van der Waals surface area contributed by atoms with Crippen molar-refractivity contribution in [2.45, 2.75) is 36.9 Å². The Labute approximate surface area is 198 Å². The molecule has 188 valence electrons. The number of imidazole rings is 1. The first kappa shape index (κ1) is 24.9. The molecule has 1 fully saturated rings.